The topological polar surface area (TPSA) is 30.5 Å². The zero-order valence-corrected chi connectivity index (χ0v) is 14.8. The van der Waals surface area contributed by atoms with E-state index in [-0.39, 0.29) is 0 Å². The van der Waals surface area contributed by atoms with Crippen LogP contribution < -0.4 is 14.8 Å². The van der Waals surface area contributed by atoms with Gasteiger partial charge in [-0.2, -0.15) is 0 Å². The minimum absolute atomic E-state index is 0.541. The average Bonchev–Trinajstić information content (AvgIpc) is 2.72. The molecule has 1 aliphatic rings. The summed E-state index contributed by atoms with van der Waals surface area (Å²) in [4.78, 5) is 0. The molecule has 0 radical (unpaired) electrons. The Morgan fingerprint density at radius 2 is 1.38 bits per heavy atom. The van der Waals surface area contributed by atoms with Gasteiger partial charge >= 0.3 is 0 Å². The molecule has 0 aromatic heterocycles. The van der Waals surface area contributed by atoms with E-state index in [1.807, 2.05) is 42.5 Å². The van der Waals surface area contributed by atoms with E-state index in [0.29, 0.717) is 13.2 Å². The third-order valence-corrected chi connectivity index (χ3v) is 4.65. The fraction of sp³-hybridized carbons (Fsp3) is 0.217. The van der Waals surface area contributed by atoms with Crippen molar-refractivity contribution in [3.8, 4) is 11.5 Å². The van der Waals surface area contributed by atoms with Crippen LogP contribution in [0.1, 0.15) is 22.3 Å². The maximum absolute atomic E-state index is 6.26. The van der Waals surface area contributed by atoms with Gasteiger partial charge in [0, 0.05) is 12.1 Å². The molecule has 0 fully saturated rings. The van der Waals surface area contributed by atoms with E-state index < -0.39 is 0 Å². The van der Waals surface area contributed by atoms with Crippen molar-refractivity contribution in [3.63, 3.8) is 0 Å². The quantitative estimate of drug-likeness (QED) is 0.714. The number of rotatable bonds is 6. The lowest BCUT2D eigenvalue weighted by atomic mass is 9.99. The first-order chi connectivity index (χ1) is 12.9. The standard InChI is InChI=1S/C23H23NO2/c1-3-7-18(8-4-1)16-25-22-12-11-20-15-24-14-13-21(20)23(22)26-17-19-9-5-2-6-10-19/h1-12,24H,13-17H2. The summed E-state index contributed by atoms with van der Waals surface area (Å²) in [6, 6.07) is 24.7. The maximum atomic E-state index is 6.26. The monoisotopic (exact) mass is 345 g/mol. The van der Waals surface area contributed by atoms with Crippen molar-refractivity contribution in [1.82, 2.24) is 5.32 Å². The Balaban J connectivity index is 1.58. The molecule has 132 valence electrons. The number of nitrogens with one attached hydrogen (secondary N) is 1. The van der Waals surface area contributed by atoms with Crippen molar-refractivity contribution in [2.75, 3.05) is 6.54 Å². The first-order valence-electron chi connectivity index (χ1n) is 9.09. The molecule has 1 heterocycles. The van der Waals surface area contributed by atoms with Crippen molar-refractivity contribution < 1.29 is 9.47 Å². The predicted octanol–water partition coefficient (Wildman–Crippen LogP) is 4.49. The molecule has 0 amide bonds. The Labute approximate surface area is 154 Å². The zero-order valence-electron chi connectivity index (χ0n) is 14.8. The lowest BCUT2D eigenvalue weighted by Crippen LogP contribution is -2.24. The zero-order chi connectivity index (χ0) is 17.6. The van der Waals surface area contributed by atoms with Crippen LogP contribution in [0.25, 0.3) is 0 Å². The van der Waals surface area contributed by atoms with Crippen LogP contribution >= 0.6 is 0 Å². The highest BCUT2D eigenvalue weighted by Crippen LogP contribution is 2.36. The first kappa shape index (κ1) is 16.7. The number of ether oxygens (including phenoxy) is 2. The molecule has 3 aromatic carbocycles. The molecule has 0 saturated carbocycles. The minimum Gasteiger partial charge on any atom is -0.485 e. The summed E-state index contributed by atoms with van der Waals surface area (Å²) >= 11 is 0. The summed E-state index contributed by atoms with van der Waals surface area (Å²) in [6.07, 6.45) is 0.960. The molecule has 0 spiro atoms. The molecule has 0 bridgehead atoms. The van der Waals surface area contributed by atoms with Crippen LogP contribution in [0.15, 0.2) is 72.8 Å². The van der Waals surface area contributed by atoms with Crippen LogP contribution in [-0.4, -0.2) is 6.54 Å². The van der Waals surface area contributed by atoms with Crippen LogP contribution in [-0.2, 0) is 26.2 Å². The van der Waals surface area contributed by atoms with Gasteiger partial charge in [-0.1, -0.05) is 66.7 Å². The first-order valence-corrected chi connectivity index (χ1v) is 9.09. The smallest absolute Gasteiger partial charge is 0.165 e. The van der Waals surface area contributed by atoms with E-state index in [9.17, 15) is 0 Å². The molecule has 0 unspecified atom stereocenters. The summed E-state index contributed by atoms with van der Waals surface area (Å²) < 4.78 is 12.4. The molecule has 0 aliphatic carbocycles. The van der Waals surface area contributed by atoms with Crippen molar-refractivity contribution in [3.05, 3.63) is 95.1 Å². The molecule has 1 aliphatic heterocycles. The second-order valence-electron chi connectivity index (χ2n) is 6.51. The number of hydrogen-bond donors (Lipinski definition) is 1. The predicted molar refractivity (Wildman–Crippen MR) is 103 cm³/mol. The summed E-state index contributed by atoms with van der Waals surface area (Å²) in [7, 11) is 0. The summed E-state index contributed by atoms with van der Waals surface area (Å²) in [5.74, 6) is 1.72. The lowest BCUT2D eigenvalue weighted by Gasteiger charge is -2.23. The molecule has 4 rings (SSSR count). The third-order valence-electron chi connectivity index (χ3n) is 4.65. The van der Waals surface area contributed by atoms with Crippen LogP contribution in [0.5, 0.6) is 11.5 Å². The second kappa shape index (κ2) is 8.07. The summed E-state index contributed by atoms with van der Waals surface area (Å²) in [6.45, 7) is 2.94. The highest BCUT2D eigenvalue weighted by atomic mass is 16.5. The van der Waals surface area contributed by atoms with Gasteiger partial charge in [0.15, 0.2) is 11.5 Å². The Morgan fingerprint density at radius 3 is 2.08 bits per heavy atom. The van der Waals surface area contributed by atoms with Gasteiger partial charge in [-0.05, 0) is 35.7 Å². The van der Waals surface area contributed by atoms with E-state index in [4.69, 9.17) is 9.47 Å². The van der Waals surface area contributed by atoms with E-state index in [1.54, 1.807) is 0 Å². The Kier molecular flexibility index (Phi) is 5.17. The van der Waals surface area contributed by atoms with Gasteiger partial charge in [0.05, 0.1) is 0 Å². The molecule has 1 N–H and O–H groups in total. The van der Waals surface area contributed by atoms with Gasteiger partial charge in [-0.15, -0.1) is 0 Å². The van der Waals surface area contributed by atoms with Gasteiger partial charge in [0.1, 0.15) is 13.2 Å². The number of fused-ring (bicyclic) bond motifs is 1. The van der Waals surface area contributed by atoms with E-state index in [0.717, 1.165) is 42.1 Å². The molecule has 3 nitrogen and oxygen atoms in total. The molecule has 26 heavy (non-hydrogen) atoms. The second-order valence-corrected chi connectivity index (χ2v) is 6.51. The minimum atomic E-state index is 0.541. The fourth-order valence-electron chi connectivity index (χ4n) is 3.26. The molecule has 0 atom stereocenters. The fourth-order valence-corrected chi connectivity index (χ4v) is 3.26. The van der Waals surface area contributed by atoms with Crippen LogP contribution in [0.4, 0.5) is 0 Å². The lowest BCUT2D eigenvalue weighted by molar-refractivity contribution is 0.252. The average molecular weight is 345 g/mol. The van der Waals surface area contributed by atoms with Gasteiger partial charge in [0.2, 0.25) is 0 Å². The van der Waals surface area contributed by atoms with Gasteiger partial charge < -0.3 is 14.8 Å². The van der Waals surface area contributed by atoms with Gasteiger partial charge in [0.25, 0.3) is 0 Å². The highest BCUT2D eigenvalue weighted by Gasteiger charge is 2.19. The molecule has 3 aromatic rings. The van der Waals surface area contributed by atoms with Gasteiger partial charge in [-0.3, -0.25) is 0 Å². The van der Waals surface area contributed by atoms with E-state index in [2.05, 4.69) is 35.6 Å². The third kappa shape index (κ3) is 3.89. The van der Waals surface area contributed by atoms with Crippen LogP contribution in [0.3, 0.4) is 0 Å². The van der Waals surface area contributed by atoms with Crippen molar-refractivity contribution in [1.29, 1.82) is 0 Å². The van der Waals surface area contributed by atoms with Crippen LogP contribution in [0.2, 0.25) is 0 Å². The Hall–Kier alpha value is -2.78. The molecular formula is C23H23NO2. The SMILES string of the molecule is c1ccc(COc2ccc3c(c2OCc2ccccc2)CCNC3)cc1. The molecular weight excluding hydrogens is 322 g/mol. The molecule has 0 saturated heterocycles. The van der Waals surface area contributed by atoms with Crippen LogP contribution in [0, 0.1) is 0 Å². The number of benzene rings is 3. The van der Waals surface area contributed by atoms with Crippen molar-refractivity contribution >= 4 is 0 Å². The van der Waals surface area contributed by atoms with Crippen molar-refractivity contribution in [2.45, 2.75) is 26.2 Å². The van der Waals surface area contributed by atoms with E-state index >= 15 is 0 Å². The Morgan fingerprint density at radius 1 is 0.731 bits per heavy atom. The Bertz CT molecular complexity index is 847. The highest BCUT2D eigenvalue weighted by molar-refractivity contribution is 5.52. The molecule has 3 heteroatoms. The van der Waals surface area contributed by atoms with E-state index in [1.165, 1.54) is 11.1 Å². The normalized spacial score (nSPS) is 13.1. The summed E-state index contributed by atoms with van der Waals surface area (Å²) in [5.41, 5.74) is 4.88. The van der Waals surface area contributed by atoms with Crippen molar-refractivity contribution in [2.24, 2.45) is 0 Å². The number of hydrogen-bond acceptors (Lipinski definition) is 3. The maximum Gasteiger partial charge on any atom is 0.165 e. The van der Waals surface area contributed by atoms with Gasteiger partial charge in [-0.25, -0.2) is 0 Å². The summed E-state index contributed by atoms with van der Waals surface area (Å²) in [5, 5.41) is 3.42. The largest absolute Gasteiger partial charge is 0.485 e.